The molecule has 0 atom stereocenters. The number of hydrogen-bond acceptors (Lipinski definition) is 5. The van der Waals surface area contributed by atoms with Gasteiger partial charge in [0.2, 0.25) is 10.0 Å². The molecule has 0 aliphatic carbocycles. The summed E-state index contributed by atoms with van der Waals surface area (Å²) in [6.45, 7) is 5.34. The van der Waals surface area contributed by atoms with Crippen molar-refractivity contribution in [3.05, 3.63) is 88.2 Å². The van der Waals surface area contributed by atoms with Crippen molar-refractivity contribution in [2.75, 3.05) is 13.7 Å². The lowest BCUT2D eigenvalue weighted by Gasteiger charge is -2.12. The number of nitrogens with one attached hydrogen (secondary N) is 1. The minimum Gasteiger partial charge on any atom is -0.465 e. The second kappa shape index (κ2) is 10.1. The third kappa shape index (κ3) is 5.97. The highest BCUT2D eigenvalue weighted by molar-refractivity contribution is 7.89. The second-order valence-corrected chi connectivity index (χ2v) is 9.48. The number of hydrogen-bond donors (Lipinski definition) is 1. The summed E-state index contributed by atoms with van der Waals surface area (Å²) in [6, 6.07) is 14.6. The second-order valence-electron chi connectivity index (χ2n) is 7.71. The van der Waals surface area contributed by atoms with E-state index in [1.165, 1.54) is 25.3 Å². The molecule has 0 fully saturated rings. The van der Waals surface area contributed by atoms with Crippen molar-refractivity contribution in [1.29, 1.82) is 0 Å². The van der Waals surface area contributed by atoms with Crippen LogP contribution in [-0.4, -0.2) is 28.0 Å². The largest absolute Gasteiger partial charge is 0.465 e. The molecular weight excluding hydrogens is 445 g/mol. The maximum atomic E-state index is 13.4. The zero-order chi connectivity index (χ0) is 24.2. The minimum atomic E-state index is -3.80. The molecule has 0 saturated heterocycles. The number of ether oxygens (including phenoxy) is 2. The van der Waals surface area contributed by atoms with E-state index in [1.807, 2.05) is 12.1 Å². The zero-order valence-corrected chi connectivity index (χ0v) is 19.8. The Morgan fingerprint density at radius 2 is 1.61 bits per heavy atom. The first-order chi connectivity index (χ1) is 15.6. The third-order valence-electron chi connectivity index (χ3n) is 5.35. The van der Waals surface area contributed by atoms with Crippen molar-refractivity contribution in [3.63, 3.8) is 0 Å². The molecule has 33 heavy (non-hydrogen) atoms. The van der Waals surface area contributed by atoms with Crippen LogP contribution in [0, 0.1) is 26.6 Å². The SMILES string of the molecule is COC(=O)c1cc(S(=O)(=O)NCCc2ccc(Oc3ccc(F)c(C)c3)cc2)cc(C)c1C. The lowest BCUT2D eigenvalue weighted by atomic mass is 10.0. The monoisotopic (exact) mass is 471 g/mol. The Balaban J connectivity index is 1.63. The molecule has 0 bridgehead atoms. The van der Waals surface area contributed by atoms with Crippen molar-refractivity contribution < 1.29 is 27.1 Å². The van der Waals surface area contributed by atoms with E-state index in [-0.39, 0.29) is 22.8 Å². The van der Waals surface area contributed by atoms with E-state index in [4.69, 9.17) is 9.47 Å². The molecular formula is C25H26FNO5S. The number of carbonyl (C=O) groups excluding carboxylic acids is 1. The highest BCUT2D eigenvalue weighted by Gasteiger charge is 2.20. The first-order valence-electron chi connectivity index (χ1n) is 10.3. The molecule has 3 rings (SSSR count). The molecule has 0 unspecified atom stereocenters. The van der Waals surface area contributed by atoms with Crippen molar-refractivity contribution in [3.8, 4) is 11.5 Å². The molecule has 3 aromatic carbocycles. The van der Waals surface area contributed by atoms with Crippen LogP contribution in [0.2, 0.25) is 0 Å². The Hall–Kier alpha value is -3.23. The van der Waals surface area contributed by atoms with Gasteiger partial charge in [0.15, 0.2) is 0 Å². The van der Waals surface area contributed by atoms with Crippen LogP contribution in [0.4, 0.5) is 4.39 Å². The molecule has 0 amide bonds. The number of carbonyl (C=O) groups is 1. The summed E-state index contributed by atoms with van der Waals surface area (Å²) >= 11 is 0. The smallest absolute Gasteiger partial charge is 0.338 e. The van der Waals surface area contributed by atoms with E-state index in [0.717, 1.165) is 5.56 Å². The van der Waals surface area contributed by atoms with Gasteiger partial charge in [-0.2, -0.15) is 0 Å². The predicted octanol–water partition coefficient (Wildman–Crippen LogP) is 4.85. The molecule has 6 nitrogen and oxygen atoms in total. The number of esters is 1. The lowest BCUT2D eigenvalue weighted by molar-refractivity contribution is 0.0599. The fourth-order valence-electron chi connectivity index (χ4n) is 3.26. The van der Waals surface area contributed by atoms with Crippen molar-refractivity contribution >= 4 is 16.0 Å². The molecule has 0 aliphatic rings. The Morgan fingerprint density at radius 3 is 2.24 bits per heavy atom. The van der Waals surface area contributed by atoms with Crippen LogP contribution >= 0.6 is 0 Å². The zero-order valence-electron chi connectivity index (χ0n) is 18.9. The fraction of sp³-hybridized carbons (Fsp3) is 0.240. The van der Waals surface area contributed by atoms with Crippen LogP contribution in [0.25, 0.3) is 0 Å². The van der Waals surface area contributed by atoms with E-state index in [2.05, 4.69) is 4.72 Å². The quantitative estimate of drug-likeness (QED) is 0.475. The number of sulfonamides is 1. The summed E-state index contributed by atoms with van der Waals surface area (Å²) in [4.78, 5) is 12.0. The predicted molar refractivity (Wildman–Crippen MR) is 124 cm³/mol. The summed E-state index contributed by atoms with van der Waals surface area (Å²) in [6.07, 6.45) is 0.462. The third-order valence-corrected chi connectivity index (χ3v) is 6.79. The molecule has 3 aromatic rings. The Morgan fingerprint density at radius 1 is 0.939 bits per heavy atom. The van der Waals surface area contributed by atoms with Gasteiger partial charge in [0.25, 0.3) is 0 Å². The number of halogens is 1. The first-order valence-corrected chi connectivity index (χ1v) is 11.8. The number of aryl methyl sites for hydroxylation is 2. The van der Waals surface area contributed by atoms with Gasteiger partial charge in [-0.05, 0) is 91.9 Å². The van der Waals surface area contributed by atoms with Crippen LogP contribution in [0.3, 0.4) is 0 Å². The Bertz CT molecular complexity index is 1270. The molecule has 0 aromatic heterocycles. The van der Waals surface area contributed by atoms with Crippen LogP contribution in [0.1, 0.15) is 32.6 Å². The van der Waals surface area contributed by atoms with E-state index < -0.39 is 16.0 Å². The van der Waals surface area contributed by atoms with Crippen molar-refractivity contribution in [1.82, 2.24) is 4.72 Å². The molecule has 0 radical (unpaired) electrons. The van der Waals surface area contributed by atoms with Crippen LogP contribution in [-0.2, 0) is 21.2 Å². The van der Waals surface area contributed by atoms with Gasteiger partial charge < -0.3 is 9.47 Å². The fourth-order valence-corrected chi connectivity index (χ4v) is 4.40. The molecule has 1 N–H and O–H groups in total. The van der Waals surface area contributed by atoms with Gasteiger partial charge in [0.1, 0.15) is 17.3 Å². The van der Waals surface area contributed by atoms with E-state index in [9.17, 15) is 17.6 Å². The minimum absolute atomic E-state index is 0.0179. The van der Waals surface area contributed by atoms with Gasteiger partial charge in [-0.15, -0.1) is 0 Å². The average Bonchev–Trinajstić information content (AvgIpc) is 2.78. The molecule has 0 aliphatic heterocycles. The van der Waals surface area contributed by atoms with E-state index in [1.54, 1.807) is 45.0 Å². The van der Waals surface area contributed by atoms with E-state index >= 15 is 0 Å². The van der Waals surface area contributed by atoms with Gasteiger partial charge >= 0.3 is 5.97 Å². The highest BCUT2D eigenvalue weighted by Crippen LogP contribution is 2.24. The van der Waals surface area contributed by atoms with Crippen LogP contribution in [0.15, 0.2) is 59.5 Å². The normalized spacial score (nSPS) is 11.3. The molecule has 0 spiro atoms. The van der Waals surface area contributed by atoms with Gasteiger partial charge in [-0.3, -0.25) is 0 Å². The molecule has 0 saturated carbocycles. The van der Waals surface area contributed by atoms with Crippen molar-refractivity contribution in [2.45, 2.75) is 32.1 Å². The standard InChI is InChI=1S/C25H26FNO5S/c1-16-14-22(15-23(18(16)3)25(28)31-4)33(29,30)27-12-11-19-5-7-20(8-6-19)32-21-9-10-24(26)17(2)13-21/h5-10,13-15,27H,11-12H2,1-4H3. The van der Waals surface area contributed by atoms with Crippen LogP contribution < -0.4 is 9.46 Å². The number of methoxy groups -OCH3 is 1. The van der Waals surface area contributed by atoms with E-state index in [0.29, 0.717) is 34.6 Å². The molecule has 0 heterocycles. The summed E-state index contributed by atoms with van der Waals surface area (Å²) in [5, 5.41) is 0. The summed E-state index contributed by atoms with van der Waals surface area (Å²) < 4.78 is 51.9. The average molecular weight is 472 g/mol. The van der Waals surface area contributed by atoms with Crippen molar-refractivity contribution in [2.24, 2.45) is 0 Å². The highest BCUT2D eigenvalue weighted by atomic mass is 32.2. The number of benzene rings is 3. The Kier molecular flexibility index (Phi) is 7.50. The van der Waals surface area contributed by atoms with Crippen LogP contribution in [0.5, 0.6) is 11.5 Å². The maximum absolute atomic E-state index is 13.4. The topological polar surface area (TPSA) is 81.7 Å². The van der Waals surface area contributed by atoms with Gasteiger partial charge in [0, 0.05) is 6.54 Å². The Labute approximate surface area is 193 Å². The lowest BCUT2D eigenvalue weighted by Crippen LogP contribution is -2.26. The van der Waals surface area contributed by atoms with Gasteiger partial charge in [0.05, 0.1) is 17.6 Å². The number of rotatable bonds is 8. The maximum Gasteiger partial charge on any atom is 0.338 e. The van der Waals surface area contributed by atoms with Gasteiger partial charge in [-0.25, -0.2) is 22.3 Å². The van der Waals surface area contributed by atoms with Gasteiger partial charge in [-0.1, -0.05) is 12.1 Å². The summed E-state index contributed by atoms with van der Waals surface area (Å²) in [7, 11) is -2.55. The first kappa shape index (κ1) is 24.4. The summed E-state index contributed by atoms with van der Waals surface area (Å²) in [5.74, 6) is 0.262. The summed E-state index contributed by atoms with van der Waals surface area (Å²) in [5.41, 5.74) is 3.00. The molecule has 8 heteroatoms. The molecule has 174 valence electrons.